The number of aromatic nitrogens is 3. The van der Waals surface area contributed by atoms with Crippen molar-refractivity contribution < 1.29 is 4.74 Å². The molecule has 0 atom stereocenters. The van der Waals surface area contributed by atoms with Crippen molar-refractivity contribution in [1.29, 1.82) is 0 Å². The molecule has 0 aliphatic heterocycles. The molecule has 2 aromatic heterocycles. The van der Waals surface area contributed by atoms with Crippen LogP contribution in [0.15, 0.2) is 78.2 Å². The van der Waals surface area contributed by atoms with E-state index in [4.69, 9.17) is 4.74 Å². The number of hydrogen-bond donors (Lipinski definition) is 1. The molecule has 0 bridgehead atoms. The molecule has 0 saturated heterocycles. The average molecular weight is 383 g/mol. The maximum Gasteiger partial charge on any atom is 0.145 e. The highest BCUT2D eigenvalue weighted by Crippen LogP contribution is 2.27. The van der Waals surface area contributed by atoms with E-state index >= 15 is 0 Å². The number of anilines is 1. The molecule has 0 saturated carbocycles. The zero-order chi connectivity index (χ0) is 18.2. The quantitative estimate of drug-likeness (QED) is 0.311. The van der Waals surface area contributed by atoms with Crippen LogP contribution in [0.1, 0.15) is 13.3 Å². The van der Waals surface area contributed by atoms with Gasteiger partial charge in [0.25, 0.3) is 0 Å². The Morgan fingerprint density at radius 2 is 2.19 bits per heavy atom. The van der Waals surface area contributed by atoms with E-state index < -0.39 is 0 Å². The van der Waals surface area contributed by atoms with E-state index in [0.717, 1.165) is 28.0 Å². The van der Waals surface area contributed by atoms with Crippen molar-refractivity contribution >= 4 is 40.4 Å². The summed E-state index contributed by atoms with van der Waals surface area (Å²) in [6, 6.07) is 9.62. The van der Waals surface area contributed by atoms with Gasteiger partial charge in [-0.05, 0) is 60.9 Å². The van der Waals surface area contributed by atoms with Crippen molar-refractivity contribution in [3.05, 3.63) is 78.2 Å². The first-order valence-corrected chi connectivity index (χ1v) is 9.60. The van der Waals surface area contributed by atoms with Gasteiger partial charge in [-0.15, -0.1) is 0 Å². The highest BCUT2D eigenvalue weighted by Gasteiger charge is 2.05. The van der Waals surface area contributed by atoms with Crippen LogP contribution in [0.4, 0.5) is 5.69 Å². The molecule has 0 spiro atoms. The Kier molecular flexibility index (Phi) is 6.40. The van der Waals surface area contributed by atoms with Crippen LogP contribution in [-0.4, -0.2) is 13.7 Å². The van der Waals surface area contributed by atoms with Gasteiger partial charge in [0.2, 0.25) is 0 Å². The molecule has 5 nitrogen and oxygen atoms in total. The van der Waals surface area contributed by atoms with Crippen molar-refractivity contribution in [1.82, 2.24) is 13.7 Å². The van der Waals surface area contributed by atoms with Crippen LogP contribution >= 0.6 is 23.7 Å². The van der Waals surface area contributed by atoms with Gasteiger partial charge >= 0.3 is 0 Å². The lowest BCUT2D eigenvalue weighted by Gasteiger charge is -2.08. The highest BCUT2D eigenvalue weighted by atomic mass is 32.2. The van der Waals surface area contributed by atoms with E-state index in [1.165, 1.54) is 11.7 Å². The van der Waals surface area contributed by atoms with Gasteiger partial charge in [0.05, 0.1) is 23.6 Å². The van der Waals surface area contributed by atoms with E-state index in [1.807, 2.05) is 42.5 Å². The summed E-state index contributed by atoms with van der Waals surface area (Å²) in [5, 5.41) is 0. The van der Waals surface area contributed by atoms with Crippen LogP contribution in [0.2, 0.25) is 0 Å². The van der Waals surface area contributed by atoms with E-state index in [0.29, 0.717) is 11.5 Å². The van der Waals surface area contributed by atoms with Crippen LogP contribution in [-0.2, 0) is 0 Å². The number of hydrogen-bond acceptors (Lipinski definition) is 7. The van der Waals surface area contributed by atoms with Gasteiger partial charge in [-0.25, -0.2) is 0 Å². The number of nitrogens with one attached hydrogen (secondary N) is 1. The molecule has 0 fully saturated rings. The maximum absolute atomic E-state index is 5.76. The molecule has 0 radical (unpaired) electrons. The van der Waals surface area contributed by atoms with Crippen LogP contribution in [0.3, 0.4) is 0 Å². The first-order chi connectivity index (χ1) is 12.8. The van der Waals surface area contributed by atoms with E-state index in [2.05, 4.69) is 32.0 Å². The smallest absolute Gasteiger partial charge is 0.145 e. The topological polar surface area (TPSA) is 59.9 Å². The average Bonchev–Trinajstić information content (AvgIpc) is 3.17. The molecule has 0 aliphatic rings. The summed E-state index contributed by atoms with van der Waals surface area (Å²) in [5.41, 5.74) is 2.75. The van der Waals surface area contributed by atoms with Crippen LogP contribution in [0.5, 0.6) is 5.75 Å². The second-order valence-electron chi connectivity index (χ2n) is 5.19. The molecule has 3 aromatic rings. The SMILES string of the molecule is C=C/C(=C\C=C(/CC)SNc1cccc2nsnc12)Oc1cccnc1. The predicted octanol–water partition coefficient (Wildman–Crippen LogP) is 5.59. The van der Waals surface area contributed by atoms with Crippen molar-refractivity contribution in [3.8, 4) is 5.75 Å². The molecule has 1 N–H and O–H groups in total. The number of fused-ring (bicyclic) bond motifs is 1. The molecular weight excluding hydrogens is 364 g/mol. The normalized spacial score (nSPS) is 12.2. The predicted molar refractivity (Wildman–Crippen MR) is 110 cm³/mol. The van der Waals surface area contributed by atoms with E-state index in [9.17, 15) is 0 Å². The Morgan fingerprint density at radius 1 is 1.27 bits per heavy atom. The molecule has 0 unspecified atom stereocenters. The minimum absolute atomic E-state index is 0.662. The number of ether oxygens (including phenoxy) is 1. The highest BCUT2D eigenvalue weighted by molar-refractivity contribution is 8.04. The Labute approximate surface area is 161 Å². The van der Waals surface area contributed by atoms with Crippen molar-refractivity contribution in [2.45, 2.75) is 13.3 Å². The number of allylic oxidation sites excluding steroid dienone is 4. The molecule has 132 valence electrons. The fourth-order valence-corrected chi connectivity index (χ4v) is 3.33. The fraction of sp³-hybridized carbons (Fsp3) is 0.105. The number of rotatable bonds is 8. The van der Waals surface area contributed by atoms with E-state index in [-0.39, 0.29) is 0 Å². The summed E-state index contributed by atoms with van der Waals surface area (Å²) in [7, 11) is 0. The molecule has 26 heavy (non-hydrogen) atoms. The Hall–Kier alpha value is -2.64. The number of pyridine rings is 1. The Bertz CT molecular complexity index is 935. The third-order valence-electron chi connectivity index (χ3n) is 3.43. The molecule has 0 amide bonds. The monoisotopic (exact) mass is 382 g/mol. The Balaban J connectivity index is 1.69. The lowest BCUT2D eigenvalue weighted by Crippen LogP contribution is -1.92. The molecule has 3 rings (SSSR count). The number of nitrogens with zero attached hydrogens (tertiary/aromatic N) is 3. The second-order valence-corrected chi connectivity index (χ2v) is 6.65. The van der Waals surface area contributed by atoms with E-state index in [1.54, 1.807) is 30.4 Å². The Morgan fingerprint density at radius 3 is 2.96 bits per heavy atom. The third-order valence-corrected chi connectivity index (χ3v) is 4.98. The van der Waals surface area contributed by atoms with Gasteiger partial charge in [0.15, 0.2) is 0 Å². The third kappa shape index (κ3) is 4.71. The first kappa shape index (κ1) is 18.2. The molecule has 0 aliphatic carbocycles. The summed E-state index contributed by atoms with van der Waals surface area (Å²) in [5.74, 6) is 1.34. The molecule has 2 heterocycles. The van der Waals surface area contributed by atoms with Crippen LogP contribution < -0.4 is 9.46 Å². The van der Waals surface area contributed by atoms with Crippen molar-refractivity contribution in [2.24, 2.45) is 0 Å². The van der Waals surface area contributed by atoms with Gasteiger partial charge in [0, 0.05) is 11.1 Å². The summed E-state index contributed by atoms with van der Waals surface area (Å²) >= 11 is 2.77. The fourth-order valence-electron chi connectivity index (χ4n) is 2.10. The first-order valence-electron chi connectivity index (χ1n) is 8.05. The number of benzene rings is 1. The summed E-state index contributed by atoms with van der Waals surface area (Å²) in [4.78, 5) is 5.19. The van der Waals surface area contributed by atoms with Gasteiger partial charge in [0.1, 0.15) is 22.5 Å². The summed E-state index contributed by atoms with van der Waals surface area (Å²) < 4.78 is 17.7. The second kappa shape index (κ2) is 9.17. The van der Waals surface area contributed by atoms with Crippen LogP contribution in [0, 0.1) is 0 Å². The zero-order valence-electron chi connectivity index (χ0n) is 14.3. The van der Waals surface area contributed by atoms with Gasteiger partial charge in [-0.3, -0.25) is 4.98 Å². The van der Waals surface area contributed by atoms with Gasteiger partial charge in [-0.2, -0.15) is 8.75 Å². The summed E-state index contributed by atoms with van der Waals surface area (Å²) in [6.07, 6.45) is 9.86. The van der Waals surface area contributed by atoms with Gasteiger partial charge in [-0.1, -0.05) is 19.6 Å². The molecule has 1 aromatic carbocycles. The minimum Gasteiger partial charge on any atom is -0.456 e. The summed E-state index contributed by atoms with van der Waals surface area (Å²) in [6.45, 7) is 5.91. The zero-order valence-corrected chi connectivity index (χ0v) is 15.9. The molecular formula is C19H18N4OS2. The van der Waals surface area contributed by atoms with Crippen LogP contribution in [0.25, 0.3) is 11.0 Å². The minimum atomic E-state index is 0.662. The van der Waals surface area contributed by atoms with Crippen molar-refractivity contribution in [2.75, 3.05) is 4.72 Å². The lowest BCUT2D eigenvalue weighted by molar-refractivity contribution is 0.443. The van der Waals surface area contributed by atoms with Gasteiger partial charge < -0.3 is 9.46 Å². The standard InChI is InChI=1S/C19H18N4OS2/c1-3-14(24-15-7-6-12-20-13-15)10-11-16(4-2)25-21-17-8-5-9-18-19(17)23-26-22-18/h3,5-13,21H,1,4H2,2H3/b14-10+,16-11+. The van der Waals surface area contributed by atoms with Crippen molar-refractivity contribution in [3.63, 3.8) is 0 Å². The molecule has 7 heteroatoms. The lowest BCUT2D eigenvalue weighted by atomic mass is 10.3. The maximum atomic E-state index is 5.76. The largest absolute Gasteiger partial charge is 0.456 e.